The third-order valence-corrected chi connectivity index (χ3v) is 5.24. The number of fused-ring (bicyclic) bond motifs is 1. The molecule has 2 amide bonds. The quantitative estimate of drug-likeness (QED) is 0.242. The number of hydrogen-bond donors (Lipinski definition) is 2. The number of anilines is 1. The van der Waals surface area contributed by atoms with Crippen LogP contribution in [0, 0.1) is 13.8 Å². The van der Waals surface area contributed by atoms with Gasteiger partial charge in [0.05, 0.1) is 16.8 Å². The molecule has 0 bridgehead atoms. The molecule has 0 saturated carbocycles. The molecule has 3 rings (SSSR count). The van der Waals surface area contributed by atoms with Crippen molar-refractivity contribution in [3.8, 4) is 0 Å². The number of aryl methyl sites for hydroxylation is 2. The fourth-order valence-corrected chi connectivity index (χ4v) is 3.27. The summed E-state index contributed by atoms with van der Waals surface area (Å²) in [7, 11) is 0. The van der Waals surface area contributed by atoms with Gasteiger partial charge in [-0.2, -0.15) is 35.8 Å². The van der Waals surface area contributed by atoms with E-state index in [0.717, 1.165) is 17.7 Å². The van der Waals surface area contributed by atoms with Crippen LogP contribution < -0.4 is 10.7 Å². The number of amides is 2. The Kier molecular flexibility index (Phi) is 7.29. The van der Waals surface area contributed by atoms with E-state index in [9.17, 15) is 40.3 Å². The predicted octanol–water partition coefficient (Wildman–Crippen LogP) is 5.78. The van der Waals surface area contributed by atoms with E-state index in [1.54, 1.807) is 25.1 Å². The van der Waals surface area contributed by atoms with Gasteiger partial charge in [0.15, 0.2) is 0 Å². The van der Waals surface area contributed by atoms with Gasteiger partial charge in [0, 0.05) is 16.8 Å². The molecule has 0 radical (unpaired) electrons. The van der Waals surface area contributed by atoms with Crippen molar-refractivity contribution in [2.75, 3.05) is 5.32 Å². The minimum atomic E-state index is -6.64. The number of aromatic nitrogens is 1. The molecule has 13 heteroatoms. The lowest BCUT2D eigenvalue weighted by Gasteiger charge is -2.27. The summed E-state index contributed by atoms with van der Waals surface area (Å²) in [5, 5.41) is 5.88. The Morgan fingerprint density at radius 1 is 0.919 bits per heavy atom. The Labute approximate surface area is 205 Å². The van der Waals surface area contributed by atoms with Gasteiger partial charge < -0.3 is 5.32 Å². The van der Waals surface area contributed by atoms with Gasteiger partial charge in [0.2, 0.25) is 0 Å². The average Bonchev–Trinajstić information content (AvgIpc) is 2.81. The maximum absolute atomic E-state index is 13.6. The predicted molar refractivity (Wildman–Crippen MR) is 122 cm³/mol. The number of pyridine rings is 1. The molecule has 0 unspecified atom stereocenters. The Bertz CT molecular complexity index is 1400. The van der Waals surface area contributed by atoms with E-state index in [-0.39, 0.29) is 16.8 Å². The lowest BCUT2D eigenvalue weighted by Crippen LogP contribution is -2.57. The van der Waals surface area contributed by atoms with Crippen LogP contribution in [-0.4, -0.2) is 40.5 Å². The van der Waals surface area contributed by atoms with Crippen LogP contribution in [-0.2, 0) is 4.79 Å². The van der Waals surface area contributed by atoms with Gasteiger partial charge >= 0.3 is 23.9 Å². The Hall–Kier alpha value is -4.03. The van der Waals surface area contributed by atoms with Crippen molar-refractivity contribution in [3.05, 3.63) is 70.9 Å². The van der Waals surface area contributed by atoms with Crippen LogP contribution in [0.3, 0.4) is 0 Å². The molecule has 0 fully saturated rings. The molecule has 2 N–H and O–H groups in total. The zero-order chi connectivity index (χ0) is 27.8. The lowest BCUT2D eigenvalue weighted by molar-refractivity contribution is -0.343. The maximum atomic E-state index is 13.6. The third-order valence-electron chi connectivity index (χ3n) is 5.24. The van der Waals surface area contributed by atoms with E-state index in [1.165, 1.54) is 24.4 Å². The Balaban J connectivity index is 1.81. The van der Waals surface area contributed by atoms with E-state index >= 15 is 0 Å². The minimum absolute atomic E-state index is 0.114. The molecule has 2 aromatic carbocycles. The topological polar surface area (TPSA) is 83.4 Å². The summed E-state index contributed by atoms with van der Waals surface area (Å²) in [5.74, 6) is -16.1. The molecule has 1 heterocycles. The van der Waals surface area contributed by atoms with Crippen LogP contribution in [0.15, 0.2) is 53.6 Å². The normalized spacial score (nSPS) is 13.0. The monoisotopic (exact) mass is 528 g/mol. The molecule has 0 aliphatic heterocycles. The molecule has 0 aliphatic carbocycles. The van der Waals surface area contributed by atoms with Crippen LogP contribution in [0.25, 0.3) is 10.9 Å². The zero-order valence-corrected chi connectivity index (χ0v) is 19.5. The number of nitrogens with one attached hydrogen (secondary N) is 2. The number of halogens is 7. The molecular weight excluding hydrogens is 509 g/mol. The van der Waals surface area contributed by atoms with Gasteiger partial charge in [-0.25, -0.2) is 5.43 Å². The summed E-state index contributed by atoms with van der Waals surface area (Å²) in [6, 6.07) is 11.6. The van der Waals surface area contributed by atoms with Crippen molar-refractivity contribution in [2.45, 2.75) is 38.8 Å². The first kappa shape index (κ1) is 27.6. The molecule has 196 valence electrons. The van der Waals surface area contributed by atoms with Crippen LogP contribution in [0.5, 0.6) is 0 Å². The first-order chi connectivity index (χ1) is 17.0. The van der Waals surface area contributed by atoms with E-state index in [4.69, 9.17) is 0 Å². The van der Waals surface area contributed by atoms with Crippen molar-refractivity contribution < 1.29 is 40.3 Å². The molecule has 6 nitrogen and oxygen atoms in total. The molecule has 37 heavy (non-hydrogen) atoms. The van der Waals surface area contributed by atoms with Crippen LogP contribution in [0.1, 0.15) is 34.1 Å². The highest BCUT2D eigenvalue weighted by molar-refractivity contribution is 6.07. The Morgan fingerprint density at radius 2 is 1.59 bits per heavy atom. The van der Waals surface area contributed by atoms with E-state index < -0.39 is 35.5 Å². The van der Waals surface area contributed by atoms with E-state index in [1.807, 2.05) is 13.0 Å². The number of hydrogen-bond acceptors (Lipinski definition) is 4. The van der Waals surface area contributed by atoms with Gasteiger partial charge in [0.1, 0.15) is 0 Å². The molecular formula is C24H19F7N4O2. The Morgan fingerprint density at radius 3 is 2.24 bits per heavy atom. The van der Waals surface area contributed by atoms with Crippen LogP contribution in [0.2, 0.25) is 0 Å². The fraction of sp³-hybridized carbons (Fsp3) is 0.250. The number of carbonyl (C=O) groups excluding carboxylic acids is 2. The van der Waals surface area contributed by atoms with Crippen molar-refractivity contribution in [3.63, 3.8) is 0 Å². The SMILES string of the molecule is C/C(=N/NC(=O)c1cc(C)nc2ccc(C)cc12)c1cccc(NC(=O)C(F)(F)C(F)(F)C(F)(F)F)c1. The molecule has 0 spiro atoms. The van der Waals surface area contributed by atoms with Gasteiger partial charge in [-0.3, -0.25) is 14.6 Å². The van der Waals surface area contributed by atoms with Crippen LogP contribution >= 0.6 is 0 Å². The van der Waals surface area contributed by atoms with Gasteiger partial charge in [-0.15, -0.1) is 0 Å². The number of nitrogens with zero attached hydrogens (tertiary/aromatic N) is 2. The molecule has 1 aromatic heterocycles. The summed E-state index contributed by atoms with van der Waals surface area (Å²) in [4.78, 5) is 28.8. The lowest BCUT2D eigenvalue weighted by atomic mass is 10.0. The molecule has 0 aliphatic rings. The summed E-state index contributed by atoms with van der Waals surface area (Å²) in [5.41, 5.74) is 4.47. The number of benzene rings is 2. The average molecular weight is 528 g/mol. The standard InChI is InChI=1S/C24H19F7N4O2/c1-12-7-8-19-17(9-12)18(10-13(2)32-19)20(36)35-34-14(3)15-5-4-6-16(11-15)33-21(37)22(25,26)23(27,28)24(29,30)31/h4-11H,1-3H3,(H,33,37)(H,35,36)/b34-14-. The van der Waals surface area contributed by atoms with Gasteiger partial charge in [-0.05, 0) is 56.7 Å². The maximum Gasteiger partial charge on any atom is 0.460 e. The van der Waals surface area contributed by atoms with Crippen molar-refractivity contribution in [2.24, 2.45) is 5.10 Å². The molecule has 0 atom stereocenters. The number of carbonyl (C=O) groups is 2. The summed E-state index contributed by atoms with van der Waals surface area (Å²) in [6.45, 7) is 4.96. The third kappa shape index (κ3) is 5.54. The molecule has 0 saturated heterocycles. The van der Waals surface area contributed by atoms with Gasteiger partial charge in [-0.1, -0.05) is 23.8 Å². The smallest absolute Gasteiger partial charge is 0.321 e. The van der Waals surface area contributed by atoms with Crippen molar-refractivity contribution in [1.29, 1.82) is 0 Å². The minimum Gasteiger partial charge on any atom is -0.321 e. The summed E-state index contributed by atoms with van der Waals surface area (Å²) in [6.07, 6.45) is -6.64. The van der Waals surface area contributed by atoms with Crippen molar-refractivity contribution in [1.82, 2.24) is 10.4 Å². The highest BCUT2D eigenvalue weighted by Gasteiger charge is 2.76. The number of rotatable bonds is 6. The number of hydrazone groups is 1. The zero-order valence-electron chi connectivity index (χ0n) is 19.5. The highest BCUT2D eigenvalue weighted by Crippen LogP contribution is 2.46. The van der Waals surface area contributed by atoms with E-state index in [2.05, 4.69) is 15.5 Å². The summed E-state index contributed by atoms with van der Waals surface area (Å²) < 4.78 is 90.5. The van der Waals surface area contributed by atoms with Crippen LogP contribution in [0.4, 0.5) is 36.4 Å². The van der Waals surface area contributed by atoms with Crippen molar-refractivity contribution >= 4 is 34.1 Å². The first-order valence-electron chi connectivity index (χ1n) is 10.5. The first-order valence-corrected chi connectivity index (χ1v) is 10.5. The van der Waals surface area contributed by atoms with E-state index in [0.29, 0.717) is 16.6 Å². The van der Waals surface area contributed by atoms with Gasteiger partial charge in [0.25, 0.3) is 5.91 Å². The fourth-order valence-electron chi connectivity index (χ4n) is 3.27. The second-order valence-electron chi connectivity index (χ2n) is 8.15. The molecule has 3 aromatic rings. The second-order valence-corrected chi connectivity index (χ2v) is 8.15. The largest absolute Gasteiger partial charge is 0.460 e. The highest BCUT2D eigenvalue weighted by atomic mass is 19.4. The second kappa shape index (κ2) is 9.79. The summed E-state index contributed by atoms with van der Waals surface area (Å²) >= 11 is 0. The number of alkyl halides is 7.